The molecule has 102 valence electrons. The zero-order valence-corrected chi connectivity index (χ0v) is 11.5. The molecule has 3 heteroatoms. The Kier molecular flexibility index (Phi) is 6.27. The summed E-state index contributed by atoms with van der Waals surface area (Å²) in [5, 5.41) is 3.42. The Bertz CT molecular complexity index is 377. The minimum Gasteiger partial charge on any atom is -0.314 e. The molecule has 0 fully saturated rings. The Hall–Kier alpha value is -0.960. The molecular formula is C15H23F2N. The first-order valence-electron chi connectivity index (χ1n) is 6.77. The second kappa shape index (κ2) is 7.47. The van der Waals surface area contributed by atoms with Crippen LogP contribution < -0.4 is 5.32 Å². The van der Waals surface area contributed by atoms with Crippen molar-refractivity contribution in [3.05, 3.63) is 34.9 Å². The summed E-state index contributed by atoms with van der Waals surface area (Å²) in [6.07, 6.45) is 3.52. The molecule has 1 aromatic carbocycles. The van der Waals surface area contributed by atoms with Gasteiger partial charge in [0.1, 0.15) is 0 Å². The molecule has 0 radical (unpaired) electrons. The van der Waals surface area contributed by atoms with Crippen LogP contribution in [0.15, 0.2) is 12.1 Å². The van der Waals surface area contributed by atoms with Crippen LogP contribution in [-0.2, 0) is 6.42 Å². The minimum absolute atomic E-state index is 0.368. The van der Waals surface area contributed by atoms with Gasteiger partial charge in [0.2, 0.25) is 0 Å². The molecule has 0 amide bonds. The Labute approximate surface area is 109 Å². The summed E-state index contributed by atoms with van der Waals surface area (Å²) in [5.41, 5.74) is 0.849. The minimum atomic E-state index is -0.706. The maximum absolute atomic E-state index is 13.7. The van der Waals surface area contributed by atoms with Crippen LogP contribution in [0.25, 0.3) is 0 Å². The Balaban J connectivity index is 2.59. The predicted molar refractivity (Wildman–Crippen MR) is 71.8 cm³/mol. The van der Waals surface area contributed by atoms with Crippen LogP contribution in [0.3, 0.4) is 0 Å². The van der Waals surface area contributed by atoms with Crippen LogP contribution in [0, 0.1) is 18.6 Å². The molecule has 0 saturated heterocycles. The van der Waals surface area contributed by atoms with Crippen molar-refractivity contribution in [1.29, 1.82) is 0 Å². The van der Waals surface area contributed by atoms with E-state index in [9.17, 15) is 8.78 Å². The quantitative estimate of drug-likeness (QED) is 0.777. The van der Waals surface area contributed by atoms with E-state index in [1.165, 1.54) is 0 Å². The molecular weight excluding hydrogens is 232 g/mol. The maximum atomic E-state index is 13.7. The molecule has 0 aliphatic heterocycles. The summed E-state index contributed by atoms with van der Waals surface area (Å²) < 4.78 is 27.1. The lowest BCUT2D eigenvalue weighted by atomic mass is 10.0. The number of hydrogen-bond acceptors (Lipinski definition) is 1. The summed E-state index contributed by atoms with van der Waals surface area (Å²) in [6, 6.07) is 3.72. The summed E-state index contributed by atoms with van der Waals surface area (Å²) in [7, 11) is 0. The molecule has 0 saturated carbocycles. The third kappa shape index (κ3) is 4.05. The average molecular weight is 255 g/mol. The Morgan fingerprint density at radius 2 is 1.89 bits per heavy atom. The van der Waals surface area contributed by atoms with Gasteiger partial charge in [0.15, 0.2) is 11.6 Å². The van der Waals surface area contributed by atoms with E-state index in [2.05, 4.69) is 19.2 Å². The van der Waals surface area contributed by atoms with Gasteiger partial charge in [0.25, 0.3) is 0 Å². The number of rotatable bonds is 7. The van der Waals surface area contributed by atoms with Gasteiger partial charge in [-0.3, -0.25) is 0 Å². The van der Waals surface area contributed by atoms with Crippen LogP contribution >= 0.6 is 0 Å². The Morgan fingerprint density at radius 3 is 2.50 bits per heavy atom. The smallest absolute Gasteiger partial charge is 0.162 e. The highest BCUT2D eigenvalue weighted by Gasteiger charge is 2.12. The van der Waals surface area contributed by atoms with E-state index in [0.717, 1.165) is 25.8 Å². The van der Waals surface area contributed by atoms with Gasteiger partial charge in [0, 0.05) is 6.04 Å². The average Bonchev–Trinajstić information content (AvgIpc) is 2.38. The molecule has 1 nitrogen and oxygen atoms in total. The largest absolute Gasteiger partial charge is 0.314 e. The fourth-order valence-electron chi connectivity index (χ4n) is 2.01. The van der Waals surface area contributed by atoms with Crippen LogP contribution in [-0.4, -0.2) is 12.6 Å². The van der Waals surface area contributed by atoms with Crippen molar-refractivity contribution in [2.75, 3.05) is 6.54 Å². The lowest BCUT2D eigenvalue weighted by Crippen LogP contribution is -2.29. The van der Waals surface area contributed by atoms with Crippen LogP contribution in [0.4, 0.5) is 8.78 Å². The number of benzene rings is 1. The molecule has 1 aromatic rings. The zero-order valence-electron chi connectivity index (χ0n) is 11.5. The molecule has 1 N–H and O–H groups in total. The van der Waals surface area contributed by atoms with E-state index in [1.807, 2.05) is 0 Å². The first kappa shape index (κ1) is 15.1. The van der Waals surface area contributed by atoms with Crippen molar-refractivity contribution in [1.82, 2.24) is 5.32 Å². The molecule has 0 aliphatic carbocycles. The van der Waals surface area contributed by atoms with Crippen LogP contribution in [0.2, 0.25) is 0 Å². The summed E-state index contributed by atoms with van der Waals surface area (Å²) in [5.74, 6) is -1.39. The SMILES string of the molecule is CCCNC(CC)CCc1ccc(C)c(F)c1F. The molecule has 0 aromatic heterocycles. The summed E-state index contributed by atoms with van der Waals surface area (Å²) in [6.45, 7) is 6.79. The van der Waals surface area contributed by atoms with Crippen LogP contribution in [0.1, 0.15) is 44.2 Å². The van der Waals surface area contributed by atoms with Gasteiger partial charge < -0.3 is 5.32 Å². The first-order chi connectivity index (χ1) is 8.60. The van der Waals surface area contributed by atoms with Crippen molar-refractivity contribution in [3.63, 3.8) is 0 Å². The van der Waals surface area contributed by atoms with E-state index in [1.54, 1.807) is 19.1 Å². The lowest BCUT2D eigenvalue weighted by molar-refractivity contribution is 0.454. The third-order valence-corrected chi connectivity index (χ3v) is 3.29. The monoisotopic (exact) mass is 255 g/mol. The van der Waals surface area contributed by atoms with E-state index < -0.39 is 11.6 Å². The summed E-state index contributed by atoms with van der Waals surface area (Å²) >= 11 is 0. The molecule has 0 spiro atoms. The predicted octanol–water partition coefficient (Wildman–Crippen LogP) is 3.98. The fourth-order valence-corrected chi connectivity index (χ4v) is 2.01. The van der Waals surface area contributed by atoms with Crippen molar-refractivity contribution >= 4 is 0 Å². The number of halogens is 2. The van der Waals surface area contributed by atoms with E-state index >= 15 is 0 Å². The lowest BCUT2D eigenvalue weighted by Gasteiger charge is -2.16. The topological polar surface area (TPSA) is 12.0 Å². The number of nitrogens with one attached hydrogen (secondary N) is 1. The van der Waals surface area contributed by atoms with Crippen molar-refractivity contribution in [3.8, 4) is 0 Å². The van der Waals surface area contributed by atoms with Gasteiger partial charge in [-0.1, -0.05) is 26.0 Å². The highest BCUT2D eigenvalue weighted by atomic mass is 19.2. The fraction of sp³-hybridized carbons (Fsp3) is 0.600. The molecule has 1 atom stereocenters. The maximum Gasteiger partial charge on any atom is 0.162 e. The van der Waals surface area contributed by atoms with Crippen LogP contribution in [0.5, 0.6) is 0 Å². The van der Waals surface area contributed by atoms with Gasteiger partial charge in [-0.25, -0.2) is 8.78 Å². The molecule has 0 heterocycles. The Morgan fingerprint density at radius 1 is 1.17 bits per heavy atom. The molecule has 0 bridgehead atoms. The van der Waals surface area contributed by atoms with E-state index in [-0.39, 0.29) is 0 Å². The van der Waals surface area contributed by atoms with Gasteiger partial charge in [-0.2, -0.15) is 0 Å². The van der Waals surface area contributed by atoms with Gasteiger partial charge >= 0.3 is 0 Å². The van der Waals surface area contributed by atoms with Gasteiger partial charge in [-0.15, -0.1) is 0 Å². The summed E-state index contributed by atoms with van der Waals surface area (Å²) in [4.78, 5) is 0. The number of aryl methyl sites for hydroxylation is 2. The third-order valence-electron chi connectivity index (χ3n) is 3.29. The van der Waals surface area contributed by atoms with E-state index in [0.29, 0.717) is 23.6 Å². The molecule has 1 rings (SSSR count). The van der Waals surface area contributed by atoms with Crippen molar-refractivity contribution < 1.29 is 8.78 Å². The van der Waals surface area contributed by atoms with Crippen molar-refractivity contribution in [2.45, 2.75) is 52.5 Å². The van der Waals surface area contributed by atoms with Crippen molar-refractivity contribution in [2.24, 2.45) is 0 Å². The second-order valence-corrected chi connectivity index (χ2v) is 4.77. The number of hydrogen-bond donors (Lipinski definition) is 1. The first-order valence-corrected chi connectivity index (χ1v) is 6.77. The van der Waals surface area contributed by atoms with Gasteiger partial charge in [-0.05, 0) is 50.3 Å². The standard InChI is InChI=1S/C15H23F2N/c1-4-10-18-13(5-2)9-8-12-7-6-11(3)14(16)15(12)17/h6-7,13,18H,4-5,8-10H2,1-3H3. The molecule has 1 unspecified atom stereocenters. The second-order valence-electron chi connectivity index (χ2n) is 4.77. The van der Waals surface area contributed by atoms with E-state index in [4.69, 9.17) is 0 Å². The zero-order chi connectivity index (χ0) is 13.5. The highest BCUT2D eigenvalue weighted by Crippen LogP contribution is 2.18. The molecule has 0 aliphatic rings. The van der Waals surface area contributed by atoms with Gasteiger partial charge in [0.05, 0.1) is 0 Å². The molecule has 18 heavy (non-hydrogen) atoms. The highest BCUT2D eigenvalue weighted by molar-refractivity contribution is 5.25. The normalized spacial score (nSPS) is 12.7.